The minimum Gasteiger partial charge on any atom is -0.350 e. The van der Waals surface area contributed by atoms with E-state index in [4.69, 9.17) is 20.5 Å². The quantitative estimate of drug-likeness (QED) is 0.175. The number of urea groups is 1. The number of nitrogens with one attached hydrogen (secondary N) is 1. The monoisotopic (exact) mass is 717 g/mol. The van der Waals surface area contributed by atoms with E-state index in [1.807, 2.05) is 36.0 Å². The maximum Gasteiger partial charge on any atom is 0.363 e. The SMILES string of the molecule is CC1=CN(C2CN(C(c3ccccc3)(c3ccccc3)c3ccccc3)CC(COP(=O)(Cl)N3CCC(N4CCCCC4)CC3)O2)C(=O)NC1. The van der Waals surface area contributed by atoms with Crippen LogP contribution in [0.2, 0.25) is 0 Å². The van der Waals surface area contributed by atoms with E-state index in [1.165, 1.54) is 19.3 Å². The summed E-state index contributed by atoms with van der Waals surface area (Å²) in [6, 6.07) is 31.7. The van der Waals surface area contributed by atoms with Crippen LogP contribution >= 0.6 is 18.1 Å². The number of hydrogen-bond acceptors (Lipinski definition) is 6. The first-order valence-electron chi connectivity index (χ1n) is 18.1. The van der Waals surface area contributed by atoms with Crippen LogP contribution in [0.1, 0.15) is 55.7 Å². The lowest BCUT2D eigenvalue weighted by Gasteiger charge is -2.52. The van der Waals surface area contributed by atoms with Gasteiger partial charge in [0.1, 0.15) is 0 Å². The zero-order chi connectivity index (χ0) is 34.6. The third-order valence-corrected chi connectivity index (χ3v) is 13.2. The predicted molar refractivity (Wildman–Crippen MR) is 198 cm³/mol. The Labute approximate surface area is 301 Å². The molecule has 50 heavy (non-hydrogen) atoms. The average Bonchev–Trinajstić information content (AvgIpc) is 3.17. The van der Waals surface area contributed by atoms with Gasteiger partial charge in [-0.15, -0.1) is 0 Å². The summed E-state index contributed by atoms with van der Waals surface area (Å²) in [5, 5.41) is 2.98. The number of nitrogens with zero attached hydrogens (tertiary/aromatic N) is 4. The maximum atomic E-state index is 14.0. The van der Waals surface area contributed by atoms with Crippen LogP contribution in [0.3, 0.4) is 0 Å². The molecule has 0 radical (unpaired) electrons. The lowest BCUT2D eigenvalue weighted by molar-refractivity contribution is -0.152. The standard InChI is InChI=1S/C39H49ClN5O4P/c1-31-26-41-38(46)45(27-31)37-29-43(39(32-14-6-2-7-15-32,33-16-8-3-9-17-33)34-18-10-4-11-19-34)28-36(49-37)30-48-50(40,47)44-24-20-35(21-25-44)42-22-12-5-13-23-42/h2-4,6-11,14-19,27,35-37H,5,12-13,20-26,28-30H2,1H3,(H,41,46). The number of ether oxygens (including phenoxy) is 1. The zero-order valence-electron chi connectivity index (χ0n) is 28.9. The second-order valence-corrected chi connectivity index (χ2v) is 17.0. The molecule has 3 unspecified atom stereocenters. The molecule has 3 aromatic carbocycles. The number of likely N-dealkylation sites (tertiary alicyclic amines) is 1. The van der Waals surface area contributed by atoms with Crippen molar-refractivity contribution in [3.05, 3.63) is 119 Å². The largest absolute Gasteiger partial charge is 0.363 e. The van der Waals surface area contributed by atoms with Crippen molar-refractivity contribution < 1.29 is 18.6 Å². The Balaban J connectivity index is 1.20. The molecular weight excluding hydrogens is 669 g/mol. The van der Waals surface area contributed by atoms with Crippen LogP contribution in [-0.2, 0) is 19.4 Å². The number of rotatable bonds is 10. The fraction of sp³-hybridized carbons (Fsp3) is 0.462. The number of piperidine rings is 2. The van der Waals surface area contributed by atoms with Gasteiger partial charge in [0, 0.05) is 45.0 Å². The lowest BCUT2D eigenvalue weighted by Crippen LogP contribution is -2.63. The molecule has 1 N–H and O–H groups in total. The van der Waals surface area contributed by atoms with E-state index in [9.17, 15) is 9.36 Å². The van der Waals surface area contributed by atoms with Crippen molar-refractivity contribution in [2.24, 2.45) is 0 Å². The van der Waals surface area contributed by atoms with E-state index in [0.29, 0.717) is 38.8 Å². The van der Waals surface area contributed by atoms with Crippen LogP contribution in [-0.4, -0.2) is 96.2 Å². The fourth-order valence-electron chi connectivity index (χ4n) is 8.28. The number of benzene rings is 3. The van der Waals surface area contributed by atoms with Crippen molar-refractivity contribution in [3.63, 3.8) is 0 Å². The topological polar surface area (TPSA) is 77.6 Å². The third-order valence-electron chi connectivity index (χ3n) is 10.7. The van der Waals surface area contributed by atoms with E-state index in [-0.39, 0.29) is 12.6 Å². The Morgan fingerprint density at radius 1 is 0.840 bits per heavy atom. The second-order valence-electron chi connectivity index (χ2n) is 14.0. The summed E-state index contributed by atoms with van der Waals surface area (Å²) in [4.78, 5) is 20.0. The molecule has 4 aliphatic heterocycles. The van der Waals surface area contributed by atoms with Gasteiger partial charge in [0.15, 0.2) is 6.23 Å². The van der Waals surface area contributed by atoms with E-state index < -0.39 is 24.7 Å². The van der Waals surface area contributed by atoms with Crippen molar-refractivity contribution in [1.82, 2.24) is 24.7 Å². The van der Waals surface area contributed by atoms with Crippen LogP contribution in [0.5, 0.6) is 0 Å². The molecule has 0 aliphatic carbocycles. The van der Waals surface area contributed by atoms with E-state index in [1.54, 1.807) is 4.90 Å². The number of hydrogen-bond donors (Lipinski definition) is 1. The summed E-state index contributed by atoms with van der Waals surface area (Å²) >= 11 is 6.80. The Hall–Kier alpha value is -3.01. The van der Waals surface area contributed by atoms with Crippen molar-refractivity contribution in [2.45, 2.75) is 62.9 Å². The van der Waals surface area contributed by atoms with Crippen molar-refractivity contribution >= 4 is 24.1 Å². The first-order chi connectivity index (χ1) is 24.3. The molecule has 0 saturated carbocycles. The number of morpholine rings is 1. The number of carbonyl (C=O) groups excluding carboxylic acids is 1. The summed E-state index contributed by atoms with van der Waals surface area (Å²) in [7, 11) is 0. The van der Waals surface area contributed by atoms with Crippen molar-refractivity contribution in [2.75, 3.05) is 52.4 Å². The first-order valence-corrected chi connectivity index (χ1v) is 20.6. The van der Waals surface area contributed by atoms with Gasteiger partial charge in [-0.25, -0.2) is 9.46 Å². The Morgan fingerprint density at radius 3 is 1.96 bits per heavy atom. The highest BCUT2D eigenvalue weighted by atomic mass is 35.7. The molecule has 266 valence electrons. The van der Waals surface area contributed by atoms with Gasteiger partial charge in [-0.05, 0) is 79.2 Å². The molecule has 3 fully saturated rings. The highest BCUT2D eigenvalue weighted by molar-refractivity contribution is 7.83. The van der Waals surface area contributed by atoms with Gasteiger partial charge in [0.25, 0.3) is 0 Å². The molecule has 3 atom stereocenters. The van der Waals surface area contributed by atoms with E-state index in [2.05, 4.69) is 87.9 Å². The van der Waals surface area contributed by atoms with Gasteiger partial charge in [0.05, 0.1) is 18.2 Å². The number of amides is 2. The number of halogens is 1. The number of carbonyl (C=O) groups is 1. The summed E-state index contributed by atoms with van der Waals surface area (Å²) in [6.45, 7) is 3.31. The highest BCUT2D eigenvalue weighted by Crippen LogP contribution is 2.57. The van der Waals surface area contributed by atoms with Crippen LogP contribution < -0.4 is 5.32 Å². The lowest BCUT2D eigenvalue weighted by atomic mass is 9.75. The Morgan fingerprint density at radius 2 is 1.40 bits per heavy atom. The van der Waals surface area contributed by atoms with Crippen molar-refractivity contribution in [1.29, 1.82) is 0 Å². The summed E-state index contributed by atoms with van der Waals surface area (Å²) in [6.07, 6.45) is 6.38. The molecular formula is C39H49ClN5O4P. The second kappa shape index (κ2) is 15.7. The van der Waals surface area contributed by atoms with Gasteiger partial charge in [-0.1, -0.05) is 97.4 Å². The van der Waals surface area contributed by atoms with Gasteiger partial charge in [-0.3, -0.25) is 14.4 Å². The van der Waals surface area contributed by atoms with Crippen LogP contribution in [0, 0.1) is 0 Å². The summed E-state index contributed by atoms with van der Waals surface area (Å²) in [5.41, 5.74) is 3.55. The third kappa shape index (κ3) is 7.47. The van der Waals surface area contributed by atoms with Crippen LogP contribution in [0.4, 0.5) is 4.79 Å². The van der Waals surface area contributed by atoms with Gasteiger partial charge >= 0.3 is 12.9 Å². The van der Waals surface area contributed by atoms with Gasteiger partial charge in [-0.2, -0.15) is 0 Å². The van der Waals surface area contributed by atoms with E-state index in [0.717, 1.165) is 48.2 Å². The maximum absolute atomic E-state index is 14.0. The molecule has 3 saturated heterocycles. The molecule has 4 aliphatic rings. The van der Waals surface area contributed by atoms with Gasteiger partial charge < -0.3 is 19.5 Å². The fourth-order valence-corrected chi connectivity index (χ4v) is 10.1. The average molecular weight is 718 g/mol. The predicted octanol–water partition coefficient (Wildman–Crippen LogP) is 7.25. The molecule has 0 aromatic heterocycles. The molecule has 2 amide bonds. The Kier molecular flexibility index (Phi) is 11.1. The minimum atomic E-state index is -3.63. The van der Waals surface area contributed by atoms with Gasteiger partial charge in [0.2, 0.25) is 0 Å². The molecule has 0 bridgehead atoms. The molecule has 9 nitrogen and oxygen atoms in total. The molecule has 4 heterocycles. The summed E-state index contributed by atoms with van der Waals surface area (Å²) < 4.78 is 28.8. The molecule has 0 spiro atoms. The van der Waals surface area contributed by atoms with Crippen molar-refractivity contribution in [3.8, 4) is 0 Å². The first kappa shape index (κ1) is 35.4. The van der Waals surface area contributed by atoms with Crippen LogP contribution in [0.15, 0.2) is 103 Å². The molecule has 3 aromatic rings. The van der Waals surface area contributed by atoms with Crippen LogP contribution in [0.25, 0.3) is 0 Å². The normalized spacial score (nSPS) is 24.7. The smallest absolute Gasteiger partial charge is 0.350 e. The molecule has 7 rings (SSSR count). The Bertz CT molecular complexity index is 1550. The summed E-state index contributed by atoms with van der Waals surface area (Å²) in [5.74, 6) is 0. The zero-order valence-corrected chi connectivity index (χ0v) is 30.6. The minimum absolute atomic E-state index is 0.0203. The van der Waals surface area contributed by atoms with E-state index >= 15 is 0 Å². The molecule has 11 heteroatoms. The highest BCUT2D eigenvalue weighted by Gasteiger charge is 2.48.